The highest BCUT2D eigenvalue weighted by Crippen LogP contribution is 2.43. The molecule has 3 aromatic carbocycles. The van der Waals surface area contributed by atoms with Crippen molar-refractivity contribution >= 4 is 29.2 Å². The minimum Gasteiger partial charge on any atom is -0.481 e. The van der Waals surface area contributed by atoms with Crippen molar-refractivity contribution in [1.29, 1.82) is 0 Å². The molecule has 2 amide bonds. The molecule has 0 aliphatic carbocycles. The molecule has 1 aliphatic rings. The maximum Gasteiger partial charge on any atom is 0.303 e. The Morgan fingerprint density at radius 3 is 2.18 bits per heavy atom. The number of carboxylic acids is 1. The van der Waals surface area contributed by atoms with Crippen LogP contribution >= 0.6 is 0 Å². The number of hydrogen-bond donors (Lipinski definition) is 1. The maximum absolute atomic E-state index is 13.4. The molecule has 0 saturated carbocycles. The number of carbonyl (C=O) groups is 3. The highest BCUT2D eigenvalue weighted by molar-refractivity contribution is 6.07. The maximum atomic E-state index is 13.4. The monoisotopic (exact) mass is 456 g/mol. The molecule has 4 rings (SSSR count). The van der Waals surface area contributed by atoms with E-state index in [1.807, 2.05) is 96.8 Å². The normalized spacial score (nSPS) is 17.0. The first-order chi connectivity index (χ1) is 16.5. The van der Waals surface area contributed by atoms with Crippen molar-refractivity contribution in [3.8, 4) is 0 Å². The van der Waals surface area contributed by atoms with E-state index in [1.165, 1.54) is 0 Å². The van der Waals surface area contributed by atoms with E-state index >= 15 is 0 Å². The smallest absolute Gasteiger partial charge is 0.303 e. The lowest BCUT2D eigenvalue weighted by molar-refractivity contribution is -0.137. The summed E-state index contributed by atoms with van der Waals surface area (Å²) in [4.78, 5) is 41.5. The third-order valence-corrected chi connectivity index (χ3v) is 6.20. The van der Waals surface area contributed by atoms with Gasteiger partial charge in [0.1, 0.15) is 0 Å². The van der Waals surface area contributed by atoms with E-state index in [0.29, 0.717) is 12.0 Å². The van der Waals surface area contributed by atoms with Crippen molar-refractivity contribution in [2.24, 2.45) is 0 Å². The molecule has 34 heavy (non-hydrogen) atoms. The summed E-state index contributed by atoms with van der Waals surface area (Å²) in [6, 6.07) is 26.0. The van der Waals surface area contributed by atoms with Crippen LogP contribution in [0.1, 0.15) is 54.6 Å². The molecule has 3 aromatic rings. The summed E-state index contributed by atoms with van der Waals surface area (Å²) >= 11 is 0. The summed E-state index contributed by atoms with van der Waals surface area (Å²) in [6.45, 7) is 2.00. The number of carboxylic acid groups (broad SMARTS) is 1. The summed E-state index contributed by atoms with van der Waals surface area (Å²) in [6.07, 6.45) is 0.932. The van der Waals surface area contributed by atoms with Gasteiger partial charge in [-0.25, -0.2) is 0 Å². The van der Waals surface area contributed by atoms with Crippen molar-refractivity contribution < 1.29 is 19.5 Å². The van der Waals surface area contributed by atoms with Gasteiger partial charge < -0.3 is 14.9 Å². The summed E-state index contributed by atoms with van der Waals surface area (Å²) in [5.41, 5.74) is 3.07. The fourth-order valence-electron chi connectivity index (χ4n) is 4.65. The van der Waals surface area contributed by atoms with Gasteiger partial charge in [-0.1, -0.05) is 54.6 Å². The van der Waals surface area contributed by atoms with Crippen LogP contribution in [0, 0.1) is 0 Å². The highest BCUT2D eigenvalue weighted by Gasteiger charge is 2.38. The number of nitrogens with zero attached hydrogens (tertiary/aromatic N) is 2. The van der Waals surface area contributed by atoms with E-state index in [-0.39, 0.29) is 43.2 Å². The largest absolute Gasteiger partial charge is 0.481 e. The Morgan fingerprint density at radius 2 is 1.50 bits per heavy atom. The molecule has 2 atom stereocenters. The van der Waals surface area contributed by atoms with Crippen molar-refractivity contribution in [2.45, 2.75) is 44.7 Å². The van der Waals surface area contributed by atoms with E-state index < -0.39 is 5.97 Å². The third-order valence-electron chi connectivity index (χ3n) is 6.20. The lowest BCUT2D eigenvalue weighted by Crippen LogP contribution is -2.47. The molecule has 0 aromatic heterocycles. The van der Waals surface area contributed by atoms with E-state index in [2.05, 4.69) is 0 Å². The number of rotatable bonds is 7. The second kappa shape index (κ2) is 10.3. The zero-order chi connectivity index (χ0) is 24.1. The fourth-order valence-corrected chi connectivity index (χ4v) is 4.65. The van der Waals surface area contributed by atoms with Crippen LogP contribution in [0.25, 0.3) is 0 Å². The lowest BCUT2D eigenvalue weighted by Gasteiger charge is -2.43. The van der Waals surface area contributed by atoms with Crippen LogP contribution < -0.4 is 9.80 Å². The number of amides is 2. The molecule has 0 radical (unpaired) electrons. The van der Waals surface area contributed by atoms with Gasteiger partial charge in [-0.2, -0.15) is 0 Å². The van der Waals surface area contributed by atoms with Gasteiger partial charge in [0.2, 0.25) is 5.91 Å². The van der Waals surface area contributed by atoms with Crippen LogP contribution in [0.3, 0.4) is 0 Å². The molecule has 0 spiro atoms. The first-order valence-corrected chi connectivity index (χ1v) is 11.5. The molecule has 6 heteroatoms. The number of aliphatic carboxylic acids is 1. The van der Waals surface area contributed by atoms with Crippen molar-refractivity contribution in [2.75, 3.05) is 9.80 Å². The summed E-state index contributed by atoms with van der Waals surface area (Å²) in [5.74, 6) is -1.11. The van der Waals surface area contributed by atoms with Crippen LogP contribution in [-0.2, 0) is 9.59 Å². The standard InChI is InChI=1S/C28H28N2O4/c1-20-19-25(30(22-13-6-3-7-14-22)26(31)17-10-18-27(32)33)23-15-8-9-16-24(23)29(20)28(34)21-11-4-2-5-12-21/h2-9,11-16,20,25H,10,17-19H2,1H3,(H,32,33). The molecule has 6 nitrogen and oxygen atoms in total. The van der Waals surface area contributed by atoms with Gasteiger partial charge in [-0.15, -0.1) is 0 Å². The number of anilines is 2. The van der Waals surface area contributed by atoms with Gasteiger partial charge >= 0.3 is 5.97 Å². The minimum absolute atomic E-state index is 0.0502. The molecule has 1 N–H and O–H groups in total. The average molecular weight is 457 g/mol. The van der Waals surface area contributed by atoms with Gasteiger partial charge in [0.15, 0.2) is 0 Å². The SMILES string of the molecule is CC1CC(N(C(=O)CCCC(=O)O)c2ccccc2)c2ccccc2N1C(=O)c1ccccc1. The first-order valence-electron chi connectivity index (χ1n) is 11.5. The van der Waals surface area contributed by atoms with Crippen molar-refractivity contribution in [3.05, 3.63) is 96.1 Å². The topological polar surface area (TPSA) is 77.9 Å². The zero-order valence-corrected chi connectivity index (χ0v) is 19.1. The van der Waals surface area contributed by atoms with Crippen LogP contribution in [0.2, 0.25) is 0 Å². The predicted molar refractivity (Wildman–Crippen MR) is 132 cm³/mol. The number of carbonyl (C=O) groups excluding carboxylic acids is 2. The van der Waals surface area contributed by atoms with Crippen molar-refractivity contribution in [1.82, 2.24) is 0 Å². The van der Waals surface area contributed by atoms with Crippen LogP contribution in [-0.4, -0.2) is 28.9 Å². The van der Waals surface area contributed by atoms with E-state index in [1.54, 1.807) is 4.90 Å². The molecule has 1 aliphatic heterocycles. The quantitative estimate of drug-likeness (QED) is 0.512. The van der Waals surface area contributed by atoms with E-state index in [4.69, 9.17) is 5.11 Å². The Balaban J connectivity index is 1.72. The molecule has 0 fully saturated rings. The second-order valence-corrected chi connectivity index (χ2v) is 8.55. The van der Waals surface area contributed by atoms with Gasteiger partial charge in [0.05, 0.1) is 6.04 Å². The number of fused-ring (bicyclic) bond motifs is 1. The molecule has 1 heterocycles. The molecular formula is C28H28N2O4. The molecule has 174 valence electrons. The summed E-state index contributed by atoms with van der Waals surface area (Å²) < 4.78 is 0. The number of hydrogen-bond acceptors (Lipinski definition) is 3. The molecule has 0 saturated heterocycles. The Hall–Kier alpha value is -3.93. The third kappa shape index (κ3) is 4.86. The second-order valence-electron chi connectivity index (χ2n) is 8.55. The Bertz CT molecular complexity index is 1160. The summed E-state index contributed by atoms with van der Waals surface area (Å²) in [5, 5.41) is 9.01. The average Bonchev–Trinajstić information content (AvgIpc) is 2.85. The van der Waals surface area contributed by atoms with Gasteiger partial charge in [-0.05, 0) is 55.7 Å². The fraction of sp³-hybridized carbons (Fsp3) is 0.250. The summed E-state index contributed by atoms with van der Waals surface area (Å²) in [7, 11) is 0. The first kappa shape index (κ1) is 23.2. The Morgan fingerprint density at radius 1 is 0.882 bits per heavy atom. The Labute approximate surface area is 199 Å². The van der Waals surface area contributed by atoms with E-state index in [9.17, 15) is 14.4 Å². The number of benzene rings is 3. The molecule has 2 unspecified atom stereocenters. The van der Waals surface area contributed by atoms with Crippen LogP contribution in [0.4, 0.5) is 11.4 Å². The van der Waals surface area contributed by atoms with Gasteiger partial charge in [0.25, 0.3) is 5.91 Å². The minimum atomic E-state index is -0.911. The highest BCUT2D eigenvalue weighted by atomic mass is 16.4. The van der Waals surface area contributed by atoms with Crippen LogP contribution in [0.5, 0.6) is 0 Å². The molecule has 0 bridgehead atoms. The van der Waals surface area contributed by atoms with Gasteiger partial charge in [-0.3, -0.25) is 14.4 Å². The predicted octanol–water partition coefficient (Wildman–Crippen LogP) is 5.45. The lowest BCUT2D eigenvalue weighted by atomic mass is 9.89. The van der Waals surface area contributed by atoms with Gasteiger partial charge in [0, 0.05) is 35.8 Å². The Kier molecular flexibility index (Phi) is 7.07. The molecular weight excluding hydrogens is 428 g/mol. The van der Waals surface area contributed by atoms with E-state index in [0.717, 1.165) is 16.9 Å². The zero-order valence-electron chi connectivity index (χ0n) is 19.1. The van der Waals surface area contributed by atoms with Crippen molar-refractivity contribution in [3.63, 3.8) is 0 Å². The number of para-hydroxylation sites is 2. The van der Waals surface area contributed by atoms with Crippen LogP contribution in [0.15, 0.2) is 84.9 Å².